The van der Waals surface area contributed by atoms with Crippen molar-refractivity contribution >= 4 is 23.4 Å². The van der Waals surface area contributed by atoms with E-state index in [1.54, 1.807) is 6.26 Å². The Morgan fingerprint density at radius 1 is 1.38 bits per heavy atom. The Morgan fingerprint density at radius 3 is 2.76 bits per heavy atom. The fraction of sp³-hybridized carbons (Fsp3) is 0.312. The molecule has 1 N–H and O–H groups in total. The maximum Gasteiger partial charge on any atom is 0.338 e. The molecule has 0 aliphatic heterocycles. The number of hydrogen-bond donors (Lipinski definition) is 1. The molecular weight excluding hydrogens is 286 g/mol. The Kier molecular flexibility index (Phi) is 3.92. The lowest BCUT2D eigenvalue weighted by Crippen LogP contribution is -2.27. The van der Waals surface area contributed by atoms with Crippen LogP contribution < -0.4 is 4.90 Å². The van der Waals surface area contributed by atoms with Crippen LogP contribution in [0.5, 0.6) is 0 Å². The molecule has 3 rings (SSSR count). The van der Waals surface area contributed by atoms with Crippen molar-refractivity contribution < 1.29 is 14.3 Å². The molecule has 21 heavy (non-hydrogen) atoms. The Hall–Kier alpha value is -1.88. The largest absolute Gasteiger partial charge is 0.478 e. The standard InChI is InChI=1S/C16H17NO3S/c1-21-14-6-2-5-13(15(14)16(18)19)17(11-7-8-11)10-12-4-3-9-20-12/h2-6,9,11H,7-8,10H2,1H3,(H,18,19). The van der Waals surface area contributed by atoms with Gasteiger partial charge >= 0.3 is 5.97 Å². The van der Waals surface area contributed by atoms with Gasteiger partial charge in [-0.3, -0.25) is 0 Å². The number of furan rings is 1. The molecule has 1 aromatic carbocycles. The summed E-state index contributed by atoms with van der Waals surface area (Å²) in [4.78, 5) is 14.6. The highest BCUT2D eigenvalue weighted by Crippen LogP contribution is 2.37. The Labute approximate surface area is 127 Å². The molecule has 0 bridgehead atoms. The number of anilines is 1. The molecule has 0 unspecified atom stereocenters. The van der Waals surface area contributed by atoms with E-state index >= 15 is 0 Å². The van der Waals surface area contributed by atoms with Gasteiger partial charge in [0.15, 0.2) is 0 Å². The molecule has 4 nitrogen and oxygen atoms in total. The van der Waals surface area contributed by atoms with Gasteiger partial charge in [-0.25, -0.2) is 4.79 Å². The van der Waals surface area contributed by atoms with Crippen molar-refractivity contribution in [2.24, 2.45) is 0 Å². The molecule has 1 fully saturated rings. The minimum Gasteiger partial charge on any atom is -0.478 e. The smallest absolute Gasteiger partial charge is 0.338 e. The molecule has 0 atom stereocenters. The quantitative estimate of drug-likeness (QED) is 0.821. The van der Waals surface area contributed by atoms with Crippen molar-refractivity contribution in [2.75, 3.05) is 11.2 Å². The number of benzene rings is 1. The second-order valence-electron chi connectivity index (χ2n) is 5.10. The molecule has 1 heterocycles. The molecule has 1 aliphatic carbocycles. The number of rotatable bonds is 6. The van der Waals surface area contributed by atoms with E-state index in [-0.39, 0.29) is 0 Å². The molecular formula is C16H17NO3S. The minimum atomic E-state index is -0.875. The van der Waals surface area contributed by atoms with Gasteiger partial charge < -0.3 is 14.4 Å². The Balaban J connectivity index is 2.01. The van der Waals surface area contributed by atoms with Crippen LogP contribution in [0.3, 0.4) is 0 Å². The first-order valence-electron chi connectivity index (χ1n) is 6.90. The van der Waals surface area contributed by atoms with Crippen molar-refractivity contribution in [2.45, 2.75) is 30.3 Å². The van der Waals surface area contributed by atoms with Crippen LogP contribution in [-0.4, -0.2) is 23.4 Å². The summed E-state index contributed by atoms with van der Waals surface area (Å²) in [6.07, 6.45) is 5.75. The highest BCUT2D eigenvalue weighted by Gasteiger charge is 2.32. The second kappa shape index (κ2) is 5.85. The molecule has 1 saturated carbocycles. The van der Waals surface area contributed by atoms with Gasteiger partial charge in [0, 0.05) is 10.9 Å². The van der Waals surface area contributed by atoms with Gasteiger partial charge in [0.25, 0.3) is 0 Å². The van der Waals surface area contributed by atoms with Gasteiger partial charge in [0.2, 0.25) is 0 Å². The lowest BCUT2D eigenvalue weighted by Gasteiger charge is -2.26. The molecule has 1 aliphatic rings. The number of carboxylic acids is 1. The number of nitrogens with zero attached hydrogens (tertiary/aromatic N) is 1. The third-order valence-corrected chi connectivity index (χ3v) is 4.42. The zero-order valence-electron chi connectivity index (χ0n) is 11.8. The molecule has 0 saturated heterocycles. The lowest BCUT2D eigenvalue weighted by atomic mass is 10.1. The van der Waals surface area contributed by atoms with E-state index in [1.165, 1.54) is 11.8 Å². The van der Waals surface area contributed by atoms with E-state index in [4.69, 9.17) is 4.42 Å². The third kappa shape index (κ3) is 2.93. The highest BCUT2D eigenvalue weighted by molar-refractivity contribution is 7.98. The van der Waals surface area contributed by atoms with E-state index in [9.17, 15) is 9.90 Å². The first-order valence-corrected chi connectivity index (χ1v) is 8.12. The van der Waals surface area contributed by atoms with Gasteiger partial charge in [-0.1, -0.05) is 6.07 Å². The predicted octanol–water partition coefficient (Wildman–Crippen LogP) is 3.87. The fourth-order valence-corrected chi connectivity index (χ4v) is 3.12. The SMILES string of the molecule is CSc1cccc(N(Cc2ccco2)C2CC2)c1C(=O)O. The lowest BCUT2D eigenvalue weighted by molar-refractivity contribution is 0.0693. The van der Waals surface area contributed by atoms with Crippen molar-refractivity contribution in [1.82, 2.24) is 0 Å². The van der Waals surface area contributed by atoms with E-state index in [2.05, 4.69) is 4.90 Å². The van der Waals surface area contributed by atoms with Crippen LogP contribution in [0.25, 0.3) is 0 Å². The highest BCUT2D eigenvalue weighted by atomic mass is 32.2. The zero-order valence-corrected chi connectivity index (χ0v) is 12.6. The van der Waals surface area contributed by atoms with Gasteiger partial charge in [-0.05, 0) is 43.4 Å². The monoisotopic (exact) mass is 303 g/mol. The summed E-state index contributed by atoms with van der Waals surface area (Å²) in [7, 11) is 0. The molecule has 0 spiro atoms. The van der Waals surface area contributed by atoms with E-state index < -0.39 is 5.97 Å². The van der Waals surface area contributed by atoms with Crippen LogP contribution in [0.15, 0.2) is 45.9 Å². The number of hydrogen-bond acceptors (Lipinski definition) is 4. The minimum absolute atomic E-state index is 0.392. The number of aromatic carboxylic acids is 1. The molecule has 1 aromatic heterocycles. The Bertz CT molecular complexity index is 635. The van der Waals surface area contributed by atoms with Gasteiger partial charge in [-0.15, -0.1) is 11.8 Å². The van der Waals surface area contributed by atoms with Gasteiger partial charge in [0.1, 0.15) is 5.76 Å². The third-order valence-electron chi connectivity index (χ3n) is 3.64. The van der Waals surface area contributed by atoms with Crippen LogP contribution in [0.2, 0.25) is 0 Å². The topological polar surface area (TPSA) is 53.7 Å². The van der Waals surface area contributed by atoms with Crippen LogP contribution in [-0.2, 0) is 6.54 Å². The van der Waals surface area contributed by atoms with Crippen molar-refractivity contribution in [3.8, 4) is 0 Å². The molecule has 110 valence electrons. The van der Waals surface area contributed by atoms with Crippen molar-refractivity contribution in [3.63, 3.8) is 0 Å². The van der Waals surface area contributed by atoms with Crippen LogP contribution >= 0.6 is 11.8 Å². The van der Waals surface area contributed by atoms with E-state index in [0.717, 1.165) is 29.2 Å². The number of carbonyl (C=O) groups is 1. The first-order chi connectivity index (χ1) is 10.2. The molecule has 5 heteroatoms. The van der Waals surface area contributed by atoms with Gasteiger partial charge in [-0.2, -0.15) is 0 Å². The molecule has 0 amide bonds. The summed E-state index contributed by atoms with van der Waals surface area (Å²) >= 11 is 1.46. The molecule has 0 radical (unpaired) electrons. The van der Waals surface area contributed by atoms with Gasteiger partial charge in [0.05, 0.1) is 24.1 Å². The van der Waals surface area contributed by atoms with Crippen molar-refractivity contribution in [1.29, 1.82) is 0 Å². The first kappa shape index (κ1) is 14.1. The normalized spacial score (nSPS) is 14.1. The van der Waals surface area contributed by atoms with Crippen LogP contribution in [0.4, 0.5) is 5.69 Å². The predicted molar refractivity (Wildman–Crippen MR) is 83.1 cm³/mol. The fourth-order valence-electron chi connectivity index (χ4n) is 2.51. The summed E-state index contributed by atoms with van der Waals surface area (Å²) in [5, 5.41) is 9.59. The summed E-state index contributed by atoms with van der Waals surface area (Å²) in [5.41, 5.74) is 1.18. The van der Waals surface area contributed by atoms with E-state index in [0.29, 0.717) is 18.2 Å². The number of carboxylic acid groups (broad SMARTS) is 1. The van der Waals surface area contributed by atoms with E-state index in [1.807, 2.05) is 36.6 Å². The second-order valence-corrected chi connectivity index (χ2v) is 5.95. The van der Waals surface area contributed by atoms with Crippen molar-refractivity contribution in [3.05, 3.63) is 47.9 Å². The summed E-state index contributed by atoms with van der Waals surface area (Å²) in [5.74, 6) is -0.0205. The van der Waals surface area contributed by atoms with Crippen LogP contribution in [0, 0.1) is 0 Å². The number of thioether (sulfide) groups is 1. The molecule has 2 aromatic rings. The zero-order chi connectivity index (χ0) is 14.8. The summed E-state index contributed by atoms with van der Waals surface area (Å²) in [6, 6.07) is 9.86. The van der Waals surface area contributed by atoms with Crippen LogP contribution in [0.1, 0.15) is 29.0 Å². The maximum atomic E-state index is 11.7. The summed E-state index contributed by atoms with van der Waals surface area (Å²) < 4.78 is 5.43. The Morgan fingerprint density at radius 2 is 2.19 bits per heavy atom. The maximum absolute atomic E-state index is 11.7. The summed E-state index contributed by atoms with van der Waals surface area (Å²) in [6.45, 7) is 0.607. The average molecular weight is 303 g/mol. The average Bonchev–Trinajstić information content (AvgIpc) is 3.20.